The summed E-state index contributed by atoms with van der Waals surface area (Å²) in [6.45, 7) is 0.137. The Kier molecular flexibility index (Phi) is 5.02. The molecule has 1 N–H and O–H groups in total. The second-order valence-electron chi connectivity index (χ2n) is 6.97. The maximum Gasteiger partial charge on any atom is 0.233 e. The second-order valence-corrected chi connectivity index (χ2v) is 9.38. The summed E-state index contributed by atoms with van der Waals surface area (Å²) < 4.78 is 39.8. The fraction of sp³-hybridized carbons (Fsp3) is 0.200. The van der Waals surface area contributed by atoms with Crippen LogP contribution in [0.15, 0.2) is 48.8 Å². The smallest absolute Gasteiger partial charge is 0.233 e. The van der Waals surface area contributed by atoms with Gasteiger partial charge in [-0.1, -0.05) is 29.8 Å². The molecule has 2 heterocycles. The van der Waals surface area contributed by atoms with Gasteiger partial charge in [0.15, 0.2) is 0 Å². The number of carbonyl (C=O) groups is 1. The monoisotopic (exact) mass is 433 g/mol. The van der Waals surface area contributed by atoms with Crippen LogP contribution in [-0.4, -0.2) is 36.4 Å². The number of pyridine rings is 1. The number of sulfonamides is 1. The van der Waals surface area contributed by atoms with Crippen molar-refractivity contribution in [2.24, 2.45) is 0 Å². The molecule has 29 heavy (non-hydrogen) atoms. The van der Waals surface area contributed by atoms with Crippen molar-refractivity contribution in [2.75, 3.05) is 18.1 Å². The van der Waals surface area contributed by atoms with Crippen molar-refractivity contribution in [3.8, 4) is 0 Å². The molecule has 0 bridgehead atoms. The zero-order valence-corrected chi connectivity index (χ0v) is 17.0. The lowest BCUT2D eigenvalue weighted by Crippen LogP contribution is -2.41. The largest absolute Gasteiger partial charge is 0.324 e. The number of fused-ring (bicyclic) bond motifs is 2. The third-order valence-electron chi connectivity index (χ3n) is 4.99. The average molecular weight is 434 g/mol. The maximum atomic E-state index is 14.4. The van der Waals surface area contributed by atoms with Crippen LogP contribution < -0.4 is 5.32 Å². The number of carbonyl (C=O) groups excluding carboxylic acids is 1. The van der Waals surface area contributed by atoms with Gasteiger partial charge in [0.25, 0.3) is 0 Å². The number of benzene rings is 2. The Hall–Kier alpha value is -2.55. The molecule has 1 aromatic heterocycles. The fourth-order valence-corrected chi connectivity index (χ4v) is 4.55. The van der Waals surface area contributed by atoms with Crippen LogP contribution in [0.2, 0.25) is 5.02 Å². The van der Waals surface area contributed by atoms with E-state index in [2.05, 4.69) is 10.3 Å². The molecule has 0 spiro atoms. The molecular formula is C20H17ClFN3O3S. The van der Waals surface area contributed by atoms with Gasteiger partial charge in [-0.2, -0.15) is 4.31 Å². The minimum absolute atomic E-state index is 0.0291. The molecular weight excluding hydrogens is 417 g/mol. The lowest BCUT2D eigenvalue weighted by Gasteiger charge is -2.32. The van der Waals surface area contributed by atoms with Gasteiger partial charge in [-0.05, 0) is 29.3 Å². The molecule has 0 radical (unpaired) electrons. The van der Waals surface area contributed by atoms with E-state index in [1.165, 1.54) is 22.8 Å². The summed E-state index contributed by atoms with van der Waals surface area (Å²) in [5, 5.41) is 3.97. The lowest BCUT2D eigenvalue weighted by molar-refractivity contribution is -0.118. The Morgan fingerprint density at radius 3 is 2.83 bits per heavy atom. The van der Waals surface area contributed by atoms with Crippen LogP contribution in [0.1, 0.15) is 17.0 Å². The molecule has 1 atom stereocenters. The first kappa shape index (κ1) is 19.8. The lowest BCUT2D eigenvalue weighted by atomic mass is 9.90. The summed E-state index contributed by atoms with van der Waals surface area (Å²) in [4.78, 5) is 17.2. The number of amides is 1. The molecule has 0 saturated carbocycles. The number of anilines is 1. The van der Waals surface area contributed by atoms with Crippen LogP contribution in [-0.2, 0) is 21.4 Å². The molecule has 2 aromatic carbocycles. The second kappa shape index (κ2) is 7.37. The Morgan fingerprint density at radius 2 is 2.07 bits per heavy atom. The Balaban J connectivity index is 1.74. The summed E-state index contributed by atoms with van der Waals surface area (Å²) >= 11 is 6.11. The number of rotatable bonds is 3. The van der Waals surface area contributed by atoms with Crippen molar-refractivity contribution in [1.29, 1.82) is 0 Å². The summed E-state index contributed by atoms with van der Waals surface area (Å²) in [6, 6.07) is 9.61. The summed E-state index contributed by atoms with van der Waals surface area (Å²) in [6.07, 6.45) is 3.99. The fourth-order valence-electron chi connectivity index (χ4n) is 3.57. The van der Waals surface area contributed by atoms with Crippen LogP contribution in [0.4, 0.5) is 10.1 Å². The first-order valence-electron chi connectivity index (χ1n) is 8.80. The standard InChI is InChI=1S/C20H17ClFN3O3S/c1-29(27,28)25-10-13-5-6-14(21)7-15(13)16(11-25)20(26)24-18-9-23-8-12-3-2-4-17(22)19(12)18/h2-9,16H,10-11H2,1H3,(H,24,26). The Labute approximate surface area is 172 Å². The molecule has 6 nitrogen and oxygen atoms in total. The van der Waals surface area contributed by atoms with E-state index >= 15 is 0 Å². The van der Waals surface area contributed by atoms with E-state index in [9.17, 15) is 17.6 Å². The van der Waals surface area contributed by atoms with Crippen LogP contribution >= 0.6 is 11.6 Å². The zero-order valence-electron chi connectivity index (χ0n) is 15.4. The molecule has 3 aromatic rings. The van der Waals surface area contributed by atoms with E-state index in [1.807, 2.05) is 0 Å². The molecule has 1 aliphatic heterocycles. The summed E-state index contributed by atoms with van der Waals surface area (Å²) in [5.41, 5.74) is 1.59. The Morgan fingerprint density at radius 1 is 1.28 bits per heavy atom. The number of hydrogen-bond donors (Lipinski definition) is 1. The molecule has 0 saturated heterocycles. The maximum absolute atomic E-state index is 14.4. The van der Waals surface area contributed by atoms with Crippen LogP contribution in [0.25, 0.3) is 10.8 Å². The van der Waals surface area contributed by atoms with E-state index in [-0.39, 0.29) is 24.2 Å². The van der Waals surface area contributed by atoms with Gasteiger partial charge in [-0.3, -0.25) is 9.78 Å². The van der Waals surface area contributed by atoms with Gasteiger partial charge in [0, 0.05) is 35.1 Å². The predicted molar refractivity (Wildman–Crippen MR) is 110 cm³/mol. The number of nitrogens with zero attached hydrogens (tertiary/aromatic N) is 2. The van der Waals surface area contributed by atoms with E-state index in [4.69, 9.17) is 11.6 Å². The third-order valence-corrected chi connectivity index (χ3v) is 6.44. The number of nitrogens with one attached hydrogen (secondary N) is 1. The van der Waals surface area contributed by atoms with E-state index < -0.39 is 27.7 Å². The summed E-state index contributed by atoms with van der Waals surface area (Å²) in [7, 11) is -3.51. The SMILES string of the molecule is CS(=O)(=O)N1Cc2ccc(Cl)cc2C(C(=O)Nc2cncc3cccc(F)c23)C1. The number of aromatic nitrogens is 1. The predicted octanol–water partition coefficient (Wildman–Crippen LogP) is 3.52. The van der Waals surface area contributed by atoms with Crippen molar-refractivity contribution >= 4 is 44.0 Å². The molecule has 9 heteroatoms. The zero-order chi connectivity index (χ0) is 20.8. The van der Waals surface area contributed by atoms with Crippen LogP contribution in [0.3, 0.4) is 0 Å². The highest BCUT2D eigenvalue weighted by Crippen LogP contribution is 2.33. The minimum Gasteiger partial charge on any atom is -0.324 e. The van der Waals surface area contributed by atoms with Crippen molar-refractivity contribution in [2.45, 2.75) is 12.5 Å². The first-order chi connectivity index (χ1) is 13.7. The van der Waals surface area contributed by atoms with Gasteiger partial charge < -0.3 is 5.32 Å². The van der Waals surface area contributed by atoms with Gasteiger partial charge in [0.1, 0.15) is 5.82 Å². The summed E-state index contributed by atoms with van der Waals surface area (Å²) in [5.74, 6) is -1.74. The first-order valence-corrected chi connectivity index (χ1v) is 11.0. The molecule has 1 amide bonds. The van der Waals surface area contributed by atoms with E-state index in [0.29, 0.717) is 21.5 Å². The molecule has 150 valence electrons. The van der Waals surface area contributed by atoms with Crippen molar-refractivity contribution in [1.82, 2.24) is 9.29 Å². The van der Waals surface area contributed by atoms with Gasteiger partial charge in [0.2, 0.25) is 15.9 Å². The van der Waals surface area contributed by atoms with Crippen molar-refractivity contribution in [3.63, 3.8) is 0 Å². The highest BCUT2D eigenvalue weighted by Gasteiger charge is 2.34. The van der Waals surface area contributed by atoms with Gasteiger partial charge in [-0.15, -0.1) is 0 Å². The topological polar surface area (TPSA) is 79.4 Å². The Bertz CT molecular complexity index is 1230. The molecule has 0 aliphatic carbocycles. The number of hydrogen-bond acceptors (Lipinski definition) is 4. The molecule has 0 fully saturated rings. The van der Waals surface area contributed by atoms with Gasteiger partial charge >= 0.3 is 0 Å². The van der Waals surface area contributed by atoms with Crippen LogP contribution in [0, 0.1) is 5.82 Å². The molecule has 1 unspecified atom stereocenters. The van der Waals surface area contributed by atoms with E-state index in [1.54, 1.807) is 30.3 Å². The third kappa shape index (κ3) is 3.83. The quantitative estimate of drug-likeness (QED) is 0.685. The van der Waals surface area contributed by atoms with Gasteiger partial charge in [0.05, 0.1) is 24.1 Å². The van der Waals surface area contributed by atoms with Crippen LogP contribution in [0.5, 0.6) is 0 Å². The van der Waals surface area contributed by atoms with Gasteiger partial charge in [-0.25, -0.2) is 12.8 Å². The molecule has 4 rings (SSSR count). The highest BCUT2D eigenvalue weighted by molar-refractivity contribution is 7.88. The van der Waals surface area contributed by atoms with E-state index in [0.717, 1.165) is 6.26 Å². The minimum atomic E-state index is -3.51. The van der Waals surface area contributed by atoms with Crippen molar-refractivity contribution < 1.29 is 17.6 Å². The average Bonchev–Trinajstić information content (AvgIpc) is 2.66. The highest BCUT2D eigenvalue weighted by atomic mass is 35.5. The number of halogens is 2. The molecule has 1 aliphatic rings. The normalized spacial score (nSPS) is 17.1. The van der Waals surface area contributed by atoms with Crippen molar-refractivity contribution in [3.05, 3.63) is 70.8 Å².